The number of alkyl halides is 6. The number of halogens is 6. The molecule has 0 aliphatic heterocycles. The summed E-state index contributed by atoms with van der Waals surface area (Å²) < 4.78 is 80.6. The summed E-state index contributed by atoms with van der Waals surface area (Å²) in [4.78, 5) is 3.14. The molecule has 0 fully saturated rings. The number of fused-ring (bicyclic) bond motifs is 1. The molecule has 2 aromatic carbocycles. The lowest BCUT2D eigenvalue weighted by Crippen LogP contribution is -2.16. The lowest BCUT2D eigenvalue weighted by Gasteiger charge is -2.08. The monoisotopic (exact) mass is 425 g/mol. The zero-order valence-corrected chi connectivity index (χ0v) is 15.3. The summed E-state index contributed by atoms with van der Waals surface area (Å²) in [5.41, 5.74) is 1.87. The predicted octanol–water partition coefficient (Wildman–Crippen LogP) is 6.15. The van der Waals surface area contributed by atoms with Crippen molar-refractivity contribution in [2.24, 2.45) is 7.05 Å². The fourth-order valence-electron chi connectivity index (χ4n) is 3.16. The highest BCUT2D eigenvalue weighted by Gasteiger charge is 2.34. The van der Waals surface area contributed by atoms with Crippen LogP contribution in [-0.2, 0) is 13.2 Å². The second-order valence-electron chi connectivity index (χ2n) is 6.59. The number of nitrogens with one attached hydrogen (secondary N) is 1. The molecular weight excluding hydrogens is 412 g/mol. The number of benzene rings is 2. The predicted molar refractivity (Wildman–Crippen MR) is 97.6 cm³/mol. The topological polar surface area (TPSA) is 42.8 Å². The van der Waals surface area contributed by atoms with Gasteiger partial charge in [-0.25, -0.2) is 0 Å². The molecule has 0 amide bonds. The van der Waals surface area contributed by atoms with E-state index in [2.05, 4.69) is 14.8 Å². The van der Waals surface area contributed by atoms with Gasteiger partial charge in [0.2, 0.25) is 0 Å². The van der Waals surface area contributed by atoms with E-state index in [4.69, 9.17) is 0 Å². The smallest absolute Gasteiger partial charge is 0.406 e. The SMILES string of the molecule is Cn1nc(C(F)(F)F)cc1-c1ccc2[nH]c(-c3ccc(OC(F)(F)F)cc3)cc2c1. The Labute approximate surface area is 165 Å². The zero-order chi connectivity index (χ0) is 21.7. The largest absolute Gasteiger partial charge is 0.573 e. The van der Waals surface area contributed by atoms with E-state index in [0.29, 0.717) is 22.5 Å². The first-order valence-corrected chi connectivity index (χ1v) is 8.60. The molecule has 0 bridgehead atoms. The minimum absolute atomic E-state index is 0.306. The molecule has 4 nitrogen and oxygen atoms in total. The number of aryl methyl sites for hydroxylation is 1. The van der Waals surface area contributed by atoms with Crippen molar-refractivity contribution >= 4 is 10.9 Å². The normalized spacial score (nSPS) is 12.5. The van der Waals surface area contributed by atoms with Crippen molar-refractivity contribution in [3.63, 3.8) is 0 Å². The number of H-pyrrole nitrogens is 1. The van der Waals surface area contributed by atoms with E-state index < -0.39 is 18.2 Å². The molecule has 4 aromatic rings. The van der Waals surface area contributed by atoms with Gasteiger partial charge in [-0.05, 0) is 54.1 Å². The molecule has 1 N–H and O–H groups in total. The minimum atomic E-state index is -4.77. The maximum atomic E-state index is 12.9. The molecule has 0 spiro atoms. The standard InChI is InChI=1S/C20H13F6N3O/c1-29-17(10-18(28-29)19(21,22)23)12-4-7-15-13(8-12)9-16(27-15)11-2-5-14(6-3-11)30-20(24,25)26/h2-10,27H,1H3. The Morgan fingerprint density at radius 1 is 0.867 bits per heavy atom. The Morgan fingerprint density at radius 2 is 1.53 bits per heavy atom. The van der Waals surface area contributed by atoms with Gasteiger partial charge in [0.1, 0.15) is 5.75 Å². The van der Waals surface area contributed by atoms with Crippen LogP contribution in [0, 0.1) is 0 Å². The molecule has 0 aliphatic rings. The first-order chi connectivity index (χ1) is 14.0. The van der Waals surface area contributed by atoms with Gasteiger partial charge in [0.15, 0.2) is 5.69 Å². The van der Waals surface area contributed by atoms with Crippen molar-refractivity contribution in [3.05, 3.63) is 60.3 Å². The number of rotatable bonds is 3. The van der Waals surface area contributed by atoms with E-state index in [0.717, 1.165) is 21.7 Å². The lowest BCUT2D eigenvalue weighted by atomic mass is 10.1. The van der Waals surface area contributed by atoms with Crippen LogP contribution in [0.4, 0.5) is 26.3 Å². The molecule has 30 heavy (non-hydrogen) atoms. The fourth-order valence-corrected chi connectivity index (χ4v) is 3.16. The number of nitrogens with zero attached hydrogens (tertiary/aromatic N) is 2. The van der Waals surface area contributed by atoms with Gasteiger partial charge in [-0.2, -0.15) is 18.3 Å². The Balaban J connectivity index is 1.66. The minimum Gasteiger partial charge on any atom is -0.406 e. The van der Waals surface area contributed by atoms with Crippen molar-refractivity contribution < 1.29 is 31.1 Å². The first-order valence-electron chi connectivity index (χ1n) is 8.60. The number of ether oxygens (including phenoxy) is 1. The van der Waals surface area contributed by atoms with E-state index in [1.54, 1.807) is 24.3 Å². The summed E-state index contributed by atoms with van der Waals surface area (Å²) in [6.45, 7) is 0. The number of hydrogen-bond acceptors (Lipinski definition) is 2. The summed E-state index contributed by atoms with van der Waals surface area (Å²) in [6.07, 6.45) is -9.31. The average molecular weight is 425 g/mol. The quantitative estimate of drug-likeness (QED) is 0.400. The van der Waals surface area contributed by atoms with Crippen LogP contribution < -0.4 is 4.74 Å². The van der Waals surface area contributed by atoms with Gasteiger partial charge in [0.05, 0.1) is 5.69 Å². The van der Waals surface area contributed by atoms with Crippen molar-refractivity contribution in [3.8, 4) is 28.3 Å². The number of aromatic nitrogens is 3. The third kappa shape index (κ3) is 3.98. The third-order valence-electron chi connectivity index (χ3n) is 4.49. The molecule has 4 rings (SSSR count). The Morgan fingerprint density at radius 3 is 2.13 bits per heavy atom. The molecular formula is C20H13F6N3O. The Kier molecular flexibility index (Phi) is 4.52. The van der Waals surface area contributed by atoms with E-state index in [-0.39, 0.29) is 5.75 Å². The molecule has 0 aliphatic carbocycles. The van der Waals surface area contributed by atoms with Gasteiger partial charge in [0.25, 0.3) is 0 Å². The molecule has 0 atom stereocenters. The van der Waals surface area contributed by atoms with Crippen molar-refractivity contribution in [1.82, 2.24) is 14.8 Å². The third-order valence-corrected chi connectivity index (χ3v) is 4.49. The maximum Gasteiger partial charge on any atom is 0.573 e. The van der Waals surface area contributed by atoms with Crippen LogP contribution in [-0.4, -0.2) is 21.1 Å². The molecule has 2 aromatic heterocycles. The van der Waals surface area contributed by atoms with Crippen LogP contribution in [0.5, 0.6) is 5.75 Å². The van der Waals surface area contributed by atoms with Gasteiger partial charge in [-0.3, -0.25) is 4.68 Å². The molecule has 0 saturated heterocycles. The highest BCUT2D eigenvalue weighted by molar-refractivity contribution is 5.89. The summed E-state index contributed by atoms with van der Waals surface area (Å²) in [6, 6.07) is 13.2. The zero-order valence-electron chi connectivity index (χ0n) is 15.3. The highest BCUT2D eigenvalue weighted by atomic mass is 19.4. The average Bonchev–Trinajstić information content (AvgIpc) is 3.23. The molecule has 2 heterocycles. The van der Waals surface area contributed by atoms with Crippen LogP contribution in [0.3, 0.4) is 0 Å². The molecule has 156 valence electrons. The Hall–Kier alpha value is -3.43. The van der Waals surface area contributed by atoms with Crippen LogP contribution in [0.25, 0.3) is 33.4 Å². The van der Waals surface area contributed by atoms with Crippen LogP contribution in [0.1, 0.15) is 5.69 Å². The molecule has 0 saturated carbocycles. The maximum absolute atomic E-state index is 12.9. The first kappa shape index (κ1) is 19.9. The molecule has 0 radical (unpaired) electrons. The van der Waals surface area contributed by atoms with E-state index >= 15 is 0 Å². The van der Waals surface area contributed by atoms with Gasteiger partial charge in [-0.15, -0.1) is 13.2 Å². The van der Waals surface area contributed by atoms with Gasteiger partial charge < -0.3 is 9.72 Å². The van der Waals surface area contributed by atoms with E-state index in [9.17, 15) is 26.3 Å². The van der Waals surface area contributed by atoms with Gasteiger partial charge in [0, 0.05) is 29.2 Å². The van der Waals surface area contributed by atoms with Crippen LogP contribution in [0.2, 0.25) is 0 Å². The van der Waals surface area contributed by atoms with Gasteiger partial charge in [-0.1, -0.05) is 6.07 Å². The van der Waals surface area contributed by atoms with Crippen LogP contribution >= 0.6 is 0 Å². The number of aromatic amines is 1. The summed E-state index contributed by atoms with van der Waals surface area (Å²) in [5, 5.41) is 4.25. The second kappa shape index (κ2) is 6.82. The fraction of sp³-hybridized carbons (Fsp3) is 0.150. The Bertz CT molecular complexity index is 1200. The summed E-state index contributed by atoms with van der Waals surface area (Å²) in [5.74, 6) is -0.332. The summed E-state index contributed by atoms with van der Waals surface area (Å²) >= 11 is 0. The molecule has 0 unspecified atom stereocenters. The van der Waals surface area contributed by atoms with Gasteiger partial charge >= 0.3 is 12.5 Å². The van der Waals surface area contributed by atoms with Crippen molar-refractivity contribution in [1.29, 1.82) is 0 Å². The number of hydrogen-bond donors (Lipinski definition) is 1. The molecule has 10 heteroatoms. The summed E-state index contributed by atoms with van der Waals surface area (Å²) in [7, 11) is 1.43. The lowest BCUT2D eigenvalue weighted by molar-refractivity contribution is -0.274. The second-order valence-corrected chi connectivity index (χ2v) is 6.59. The van der Waals surface area contributed by atoms with Crippen LogP contribution in [0.15, 0.2) is 54.6 Å². The highest BCUT2D eigenvalue weighted by Crippen LogP contribution is 2.33. The van der Waals surface area contributed by atoms with E-state index in [1.807, 2.05) is 0 Å². The van der Waals surface area contributed by atoms with Crippen molar-refractivity contribution in [2.75, 3.05) is 0 Å². The van der Waals surface area contributed by atoms with E-state index in [1.165, 1.54) is 31.3 Å². The van der Waals surface area contributed by atoms with Crippen molar-refractivity contribution in [2.45, 2.75) is 12.5 Å².